The minimum atomic E-state index is 0.272. The Hall–Kier alpha value is -0.870. The molecule has 2 heterocycles. The second-order valence-corrected chi connectivity index (χ2v) is 5.78. The Morgan fingerprint density at radius 3 is 2.83 bits per heavy atom. The van der Waals surface area contributed by atoms with Gasteiger partial charge in [0.1, 0.15) is 0 Å². The van der Waals surface area contributed by atoms with Crippen LogP contribution in [0.15, 0.2) is 6.20 Å². The summed E-state index contributed by atoms with van der Waals surface area (Å²) in [4.78, 5) is 2.64. The van der Waals surface area contributed by atoms with Gasteiger partial charge in [-0.1, -0.05) is 6.92 Å². The van der Waals surface area contributed by atoms with Gasteiger partial charge in [0, 0.05) is 30.9 Å². The first-order valence-corrected chi connectivity index (χ1v) is 7.24. The van der Waals surface area contributed by atoms with E-state index in [1.54, 1.807) is 0 Å². The zero-order valence-electron chi connectivity index (χ0n) is 11.5. The van der Waals surface area contributed by atoms with Crippen molar-refractivity contribution in [2.45, 2.75) is 57.2 Å². The molecule has 1 aliphatic heterocycles. The van der Waals surface area contributed by atoms with Crippen molar-refractivity contribution in [3.05, 3.63) is 17.5 Å². The topological polar surface area (TPSA) is 47.1 Å². The quantitative estimate of drug-likeness (QED) is 0.884. The van der Waals surface area contributed by atoms with Crippen LogP contribution in [0.5, 0.6) is 0 Å². The third-order valence-corrected chi connectivity index (χ3v) is 4.32. The molecule has 100 valence electrons. The molecule has 1 aromatic rings. The molecule has 2 fully saturated rings. The van der Waals surface area contributed by atoms with Crippen LogP contribution in [0.4, 0.5) is 0 Å². The summed E-state index contributed by atoms with van der Waals surface area (Å²) in [5, 5.41) is 4.59. The molecule has 2 aliphatic rings. The van der Waals surface area contributed by atoms with Crippen LogP contribution in [0.2, 0.25) is 0 Å². The average molecular weight is 248 g/mol. The summed E-state index contributed by atoms with van der Waals surface area (Å²) in [6, 6.07) is 1.45. The fraction of sp³-hybridized carbons (Fsp3) is 0.786. The van der Waals surface area contributed by atoms with Crippen molar-refractivity contribution in [1.82, 2.24) is 14.7 Å². The van der Waals surface area contributed by atoms with Gasteiger partial charge in [-0.25, -0.2) is 0 Å². The van der Waals surface area contributed by atoms with Crippen LogP contribution in [-0.4, -0.2) is 33.3 Å². The Balaban J connectivity index is 1.94. The molecule has 2 unspecified atom stereocenters. The van der Waals surface area contributed by atoms with Gasteiger partial charge in [-0.3, -0.25) is 9.58 Å². The monoisotopic (exact) mass is 248 g/mol. The number of nitrogens with zero attached hydrogens (tertiary/aromatic N) is 3. The molecule has 0 amide bonds. The van der Waals surface area contributed by atoms with E-state index in [0.29, 0.717) is 6.04 Å². The minimum absolute atomic E-state index is 0.272. The first kappa shape index (κ1) is 12.2. The maximum Gasteiger partial charge on any atom is 0.0670 e. The molecule has 0 spiro atoms. The fourth-order valence-corrected chi connectivity index (χ4v) is 3.35. The van der Waals surface area contributed by atoms with Crippen molar-refractivity contribution in [1.29, 1.82) is 0 Å². The largest absolute Gasteiger partial charge is 0.326 e. The molecule has 0 radical (unpaired) electrons. The number of nitrogens with two attached hydrogens (primary N) is 1. The van der Waals surface area contributed by atoms with Gasteiger partial charge in [0.25, 0.3) is 0 Å². The molecule has 4 heteroatoms. The van der Waals surface area contributed by atoms with E-state index < -0.39 is 0 Å². The van der Waals surface area contributed by atoms with Crippen molar-refractivity contribution >= 4 is 0 Å². The number of aromatic nitrogens is 2. The first-order chi connectivity index (χ1) is 8.70. The zero-order chi connectivity index (χ0) is 12.7. The highest BCUT2D eigenvalue weighted by atomic mass is 15.3. The maximum atomic E-state index is 6.42. The molecule has 1 aliphatic carbocycles. The minimum Gasteiger partial charge on any atom is -0.326 e. The third-order valence-electron chi connectivity index (χ3n) is 4.32. The second-order valence-electron chi connectivity index (χ2n) is 5.78. The van der Waals surface area contributed by atoms with Gasteiger partial charge >= 0.3 is 0 Å². The summed E-state index contributed by atoms with van der Waals surface area (Å²) in [6.07, 6.45) is 8.28. The average Bonchev–Trinajstić information content (AvgIpc) is 3.12. The summed E-state index contributed by atoms with van der Waals surface area (Å²) in [7, 11) is 2.01. The number of aryl methyl sites for hydroxylation is 2. The standard InChI is InChI=1S/C14H24N4/c1-3-13-11(9-17(2)16-13)14-12(15)5-4-8-18(14)10-6-7-10/h9-10,12,14H,3-8,15H2,1-2H3. The van der Waals surface area contributed by atoms with Crippen LogP contribution < -0.4 is 5.73 Å². The second kappa shape index (κ2) is 4.67. The Morgan fingerprint density at radius 1 is 1.39 bits per heavy atom. The van der Waals surface area contributed by atoms with Gasteiger partial charge in [0.15, 0.2) is 0 Å². The summed E-state index contributed by atoms with van der Waals surface area (Å²) in [5.74, 6) is 0. The molecule has 4 nitrogen and oxygen atoms in total. The third kappa shape index (κ3) is 2.08. The number of hydrogen-bond donors (Lipinski definition) is 1. The van der Waals surface area contributed by atoms with Gasteiger partial charge in [-0.15, -0.1) is 0 Å². The lowest BCUT2D eigenvalue weighted by Crippen LogP contribution is -2.47. The lowest BCUT2D eigenvalue weighted by atomic mass is 9.90. The Morgan fingerprint density at radius 2 is 2.17 bits per heavy atom. The number of rotatable bonds is 3. The summed E-state index contributed by atoms with van der Waals surface area (Å²) in [5.41, 5.74) is 9.02. The highest BCUT2D eigenvalue weighted by Crippen LogP contribution is 2.40. The molecular weight excluding hydrogens is 224 g/mol. The Labute approximate surface area is 109 Å². The molecule has 18 heavy (non-hydrogen) atoms. The molecule has 1 saturated heterocycles. The highest BCUT2D eigenvalue weighted by Gasteiger charge is 2.40. The van der Waals surface area contributed by atoms with Crippen molar-refractivity contribution in [2.24, 2.45) is 12.8 Å². The van der Waals surface area contributed by atoms with E-state index in [-0.39, 0.29) is 6.04 Å². The smallest absolute Gasteiger partial charge is 0.0670 e. The molecule has 1 saturated carbocycles. The van der Waals surface area contributed by atoms with Gasteiger partial charge in [-0.2, -0.15) is 5.10 Å². The van der Waals surface area contributed by atoms with Crippen LogP contribution in [0.3, 0.4) is 0 Å². The number of hydrogen-bond acceptors (Lipinski definition) is 3. The van der Waals surface area contributed by atoms with Crippen LogP contribution in [0, 0.1) is 0 Å². The lowest BCUT2D eigenvalue weighted by molar-refractivity contribution is 0.119. The molecule has 2 atom stereocenters. The molecule has 0 bridgehead atoms. The van der Waals surface area contributed by atoms with E-state index in [9.17, 15) is 0 Å². The number of piperidine rings is 1. The summed E-state index contributed by atoms with van der Waals surface area (Å²) in [6.45, 7) is 3.39. The van der Waals surface area contributed by atoms with Crippen molar-refractivity contribution in [3.8, 4) is 0 Å². The summed E-state index contributed by atoms with van der Waals surface area (Å²) < 4.78 is 1.95. The SMILES string of the molecule is CCc1nn(C)cc1C1C(N)CCCN1C1CC1. The van der Waals surface area contributed by atoms with E-state index in [1.807, 2.05) is 11.7 Å². The van der Waals surface area contributed by atoms with E-state index in [1.165, 1.54) is 37.1 Å². The zero-order valence-corrected chi connectivity index (χ0v) is 11.5. The fourth-order valence-electron chi connectivity index (χ4n) is 3.35. The molecule has 0 aromatic carbocycles. The van der Waals surface area contributed by atoms with E-state index in [0.717, 1.165) is 18.9 Å². The van der Waals surface area contributed by atoms with E-state index in [4.69, 9.17) is 5.73 Å². The molecule has 1 aromatic heterocycles. The van der Waals surface area contributed by atoms with Gasteiger partial charge in [0.05, 0.1) is 11.7 Å². The van der Waals surface area contributed by atoms with Crippen molar-refractivity contribution in [3.63, 3.8) is 0 Å². The van der Waals surface area contributed by atoms with Crippen LogP contribution in [0.25, 0.3) is 0 Å². The predicted octanol–water partition coefficient (Wildman–Crippen LogP) is 1.61. The predicted molar refractivity (Wildman–Crippen MR) is 72.3 cm³/mol. The maximum absolute atomic E-state index is 6.42. The molecule has 3 rings (SSSR count). The van der Waals surface area contributed by atoms with Gasteiger partial charge in [0.2, 0.25) is 0 Å². The normalized spacial score (nSPS) is 29.7. The van der Waals surface area contributed by atoms with Gasteiger partial charge in [-0.05, 0) is 38.6 Å². The molecule has 2 N–H and O–H groups in total. The lowest BCUT2D eigenvalue weighted by Gasteiger charge is -2.40. The first-order valence-electron chi connectivity index (χ1n) is 7.24. The molecular formula is C14H24N4. The van der Waals surface area contributed by atoms with Crippen molar-refractivity contribution < 1.29 is 0 Å². The Kier molecular flexibility index (Phi) is 3.16. The van der Waals surface area contributed by atoms with Crippen LogP contribution in [-0.2, 0) is 13.5 Å². The number of likely N-dealkylation sites (tertiary alicyclic amines) is 1. The van der Waals surface area contributed by atoms with E-state index >= 15 is 0 Å². The van der Waals surface area contributed by atoms with E-state index in [2.05, 4.69) is 23.1 Å². The summed E-state index contributed by atoms with van der Waals surface area (Å²) >= 11 is 0. The Bertz CT molecular complexity index is 421. The van der Waals surface area contributed by atoms with Crippen molar-refractivity contribution in [2.75, 3.05) is 6.54 Å². The highest BCUT2D eigenvalue weighted by molar-refractivity contribution is 5.25. The van der Waals surface area contributed by atoms with Crippen LogP contribution >= 0.6 is 0 Å². The van der Waals surface area contributed by atoms with Crippen LogP contribution in [0.1, 0.15) is 49.9 Å². The van der Waals surface area contributed by atoms with Gasteiger partial charge < -0.3 is 5.73 Å².